The van der Waals surface area contributed by atoms with E-state index in [4.69, 9.17) is 5.11 Å². The van der Waals surface area contributed by atoms with Gasteiger partial charge in [-0.3, -0.25) is 4.79 Å². The van der Waals surface area contributed by atoms with Gasteiger partial charge in [0.1, 0.15) is 5.75 Å². The highest BCUT2D eigenvalue weighted by molar-refractivity contribution is 7.99. The Morgan fingerprint density at radius 1 is 1.08 bits per heavy atom. The monoisotopic (exact) mass is 368 g/mol. The van der Waals surface area contributed by atoms with E-state index in [2.05, 4.69) is 41.5 Å². The fourth-order valence-electron chi connectivity index (χ4n) is 2.55. The van der Waals surface area contributed by atoms with E-state index in [1.165, 1.54) is 6.92 Å². The Morgan fingerprint density at radius 2 is 1.52 bits per heavy atom. The van der Waals surface area contributed by atoms with E-state index in [9.17, 15) is 15.0 Å². The second kappa shape index (κ2) is 8.00. The van der Waals surface area contributed by atoms with Crippen molar-refractivity contribution in [3.8, 4) is 5.75 Å². The Bertz CT molecular complexity index is 576. The Balaban J connectivity index is 3.02. The SMILES string of the molecule is CC(C(=O)O)C(O)CCSc1cc(C(C)(C)C)c(O)c(C(C)(C)C)c1. The quantitative estimate of drug-likeness (QED) is 0.642. The Hall–Kier alpha value is -1.20. The van der Waals surface area contributed by atoms with Crippen LogP contribution in [-0.4, -0.2) is 33.1 Å². The van der Waals surface area contributed by atoms with E-state index in [0.29, 0.717) is 17.9 Å². The number of aliphatic carboxylic acids is 1. The Morgan fingerprint density at radius 3 is 1.88 bits per heavy atom. The van der Waals surface area contributed by atoms with Crippen LogP contribution in [0.2, 0.25) is 0 Å². The zero-order chi connectivity index (χ0) is 19.6. The first-order chi connectivity index (χ1) is 11.2. The second-order valence-corrected chi connectivity index (χ2v) is 9.87. The van der Waals surface area contributed by atoms with Crippen LogP contribution in [-0.2, 0) is 15.6 Å². The summed E-state index contributed by atoms with van der Waals surface area (Å²) < 4.78 is 0. The maximum Gasteiger partial charge on any atom is 0.308 e. The van der Waals surface area contributed by atoms with Crippen LogP contribution >= 0.6 is 11.8 Å². The minimum Gasteiger partial charge on any atom is -0.507 e. The number of aliphatic hydroxyl groups is 1. The third-order valence-corrected chi connectivity index (χ3v) is 5.36. The van der Waals surface area contributed by atoms with E-state index in [1.807, 2.05) is 12.1 Å². The molecule has 0 aliphatic rings. The molecule has 0 fully saturated rings. The number of hydrogen-bond donors (Lipinski definition) is 3. The maximum atomic E-state index is 10.9. The number of benzene rings is 1. The molecule has 4 nitrogen and oxygen atoms in total. The molecular weight excluding hydrogens is 336 g/mol. The molecule has 0 aliphatic carbocycles. The number of phenolic OH excluding ortho intramolecular Hbond substituents is 1. The lowest BCUT2D eigenvalue weighted by Crippen LogP contribution is -2.25. The Labute approximate surface area is 155 Å². The lowest BCUT2D eigenvalue weighted by Gasteiger charge is -2.28. The first-order valence-electron chi connectivity index (χ1n) is 8.66. The smallest absolute Gasteiger partial charge is 0.308 e. The van der Waals surface area contributed by atoms with Crippen molar-refractivity contribution < 1.29 is 20.1 Å². The third kappa shape index (κ3) is 5.93. The highest BCUT2D eigenvalue weighted by Crippen LogP contribution is 2.41. The Kier molecular flexibility index (Phi) is 6.99. The summed E-state index contributed by atoms with van der Waals surface area (Å²) in [4.78, 5) is 12.0. The number of carbonyl (C=O) groups is 1. The normalized spacial score (nSPS) is 15.0. The molecule has 3 N–H and O–H groups in total. The summed E-state index contributed by atoms with van der Waals surface area (Å²) >= 11 is 1.58. The fourth-order valence-corrected chi connectivity index (χ4v) is 3.54. The van der Waals surface area contributed by atoms with Crippen LogP contribution in [0.25, 0.3) is 0 Å². The van der Waals surface area contributed by atoms with Crippen molar-refractivity contribution in [2.24, 2.45) is 5.92 Å². The number of aromatic hydroxyl groups is 1. The van der Waals surface area contributed by atoms with Gasteiger partial charge in [-0.1, -0.05) is 41.5 Å². The molecule has 2 unspecified atom stereocenters. The lowest BCUT2D eigenvalue weighted by molar-refractivity contribution is -0.144. The maximum absolute atomic E-state index is 10.9. The number of carboxylic acids is 1. The van der Waals surface area contributed by atoms with Gasteiger partial charge in [0.2, 0.25) is 0 Å². The van der Waals surface area contributed by atoms with Crippen LogP contribution in [0, 0.1) is 5.92 Å². The molecule has 0 aliphatic heterocycles. The number of aliphatic hydroxyl groups excluding tert-OH is 1. The van der Waals surface area contributed by atoms with Crippen molar-refractivity contribution in [2.45, 2.75) is 76.7 Å². The van der Waals surface area contributed by atoms with E-state index < -0.39 is 18.0 Å². The summed E-state index contributed by atoms with van der Waals surface area (Å²) in [6.07, 6.45) is -0.444. The van der Waals surface area contributed by atoms with Gasteiger partial charge < -0.3 is 15.3 Å². The summed E-state index contributed by atoms with van der Waals surface area (Å²) in [6.45, 7) is 13.9. The molecule has 1 aromatic carbocycles. The van der Waals surface area contributed by atoms with Crippen molar-refractivity contribution in [2.75, 3.05) is 5.75 Å². The highest BCUT2D eigenvalue weighted by Gasteiger charge is 2.27. The van der Waals surface area contributed by atoms with Gasteiger partial charge in [-0.15, -0.1) is 11.8 Å². The molecule has 0 aromatic heterocycles. The van der Waals surface area contributed by atoms with Crippen LogP contribution in [0.3, 0.4) is 0 Å². The zero-order valence-electron chi connectivity index (χ0n) is 16.4. The summed E-state index contributed by atoms with van der Waals surface area (Å²) in [5, 5.41) is 29.6. The molecule has 142 valence electrons. The van der Waals surface area contributed by atoms with Crippen molar-refractivity contribution in [3.05, 3.63) is 23.3 Å². The molecule has 1 aromatic rings. The van der Waals surface area contributed by atoms with E-state index in [-0.39, 0.29) is 10.8 Å². The van der Waals surface area contributed by atoms with Crippen LogP contribution in [0.15, 0.2) is 17.0 Å². The average Bonchev–Trinajstić information content (AvgIpc) is 2.45. The number of phenols is 1. The summed E-state index contributed by atoms with van der Waals surface area (Å²) in [5.41, 5.74) is 1.44. The van der Waals surface area contributed by atoms with Gasteiger partial charge in [0, 0.05) is 21.8 Å². The first-order valence-corrected chi connectivity index (χ1v) is 9.65. The van der Waals surface area contributed by atoms with Gasteiger partial charge in [0.05, 0.1) is 12.0 Å². The van der Waals surface area contributed by atoms with Gasteiger partial charge in [0.25, 0.3) is 0 Å². The molecule has 0 bridgehead atoms. The fraction of sp³-hybridized carbons (Fsp3) is 0.650. The average molecular weight is 369 g/mol. The topological polar surface area (TPSA) is 77.8 Å². The largest absolute Gasteiger partial charge is 0.507 e. The molecule has 0 spiro atoms. The number of thioether (sulfide) groups is 1. The van der Waals surface area contributed by atoms with Crippen LogP contribution in [0.5, 0.6) is 5.75 Å². The number of carboxylic acid groups (broad SMARTS) is 1. The van der Waals surface area contributed by atoms with Crippen LogP contribution in [0.1, 0.15) is 66.0 Å². The molecule has 0 saturated carbocycles. The first kappa shape index (κ1) is 21.8. The summed E-state index contributed by atoms with van der Waals surface area (Å²) in [7, 11) is 0. The van der Waals surface area contributed by atoms with Gasteiger partial charge in [-0.2, -0.15) is 0 Å². The molecular formula is C20H32O4S. The van der Waals surface area contributed by atoms with Crippen molar-refractivity contribution in [1.29, 1.82) is 0 Å². The van der Waals surface area contributed by atoms with Gasteiger partial charge >= 0.3 is 5.97 Å². The van der Waals surface area contributed by atoms with Crippen molar-refractivity contribution in [1.82, 2.24) is 0 Å². The molecule has 2 atom stereocenters. The standard InChI is InChI=1S/C20H32O4S/c1-12(18(23)24)16(21)8-9-25-13-10-14(19(2,3)4)17(22)15(11-13)20(5,6)7/h10-12,16,21-22H,8-9H2,1-7H3,(H,23,24). The van der Waals surface area contributed by atoms with Gasteiger partial charge in [0.15, 0.2) is 0 Å². The van der Waals surface area contributed by atoms with E-state index in [1.54, 1.807) is 11.8 Å². The predicted molar refractivity (Wildman–Crippen MR) is 104 cm³/mol. The molecule has 0 amide bonds. The van der Waals surface area contributed by atoms with Gasteiger partial charge in [-0.25, -0.2) is 0 Å². The number of hydrogen-bond acceptors (Lipinski definition) is 4. The van der Waals surface area contributed by atoms with Crippen molar-refractivity contribution >= 4 is 17.7 Å². The molecule has 1 rings (SSSR count). The van der Waals surface area contributed by atoms with E-state index in [0.717, 1.165) is 16.0 Å². The molecule has 0 radical (unpaired) electrons. The molecule has 0 heterocycles. The minimum atomic E-state index is -0.979. The zero-order valence-corrected chi connectivity index (χ0v) is 17.2. The van der Waals surface area contributed by atoms with Gasteiger partial charge in [-0.05, 0) is 36.3 Å². The second-order valence-electron chi connectivity index (χ2n) is 8.70. The molecule has 25 heavy (non-hydrogen) atoms. The lowest BCUT2D eigenvalue weighted by atomic mass is 9.79. The van der Waals surface area contributed by atoms with Crippen molar-refractivity contribution in [3.63, 3.8) is 0 Å². The van der Waals surface area contributed by atoms with E-state index >= 15 is 0 Å². The van der Waals surface area contributed by atoms with Crippen LogP contribution in [0.4, 0.5) is 0 Å². The molecule has 5 heteroatoms. The summed E-state index contributed by atoms with van der Waals surface area (Å²) in [5.74, 6) is -0.775. The third-order valence-electron chi connectivity index (χ3n) is 4.35. The predicted octanol–water partition coefficient (Wildman–Crippen LogP) is 4.55. The summed E-state index contributed by atoms with van der Waals surface area (Å²) in [6, 6.07) is 4.00. The number of rotatable bonds is 6. The molecule has 0 saturated heterocycles. The minimum absolute atomic E-state index is 0.183. The highest BCUT2D eigenvalue weighted by atomic mass is 32.2. The van der Waals surface area contributed by atoms with Crippen LogP contribution < -0.4 is 0 Å².